The van der Waals surface area contributed by atoms with Crippen molar-refractivity contribution < 1.29 is 14.3 Å². The average molecular weight is 653 g/mol. The number of aromatic nitrogens is 2. The number of rotatable bonds is 12. The Bertz CT molecular complexity index is 1520. The lowest BCUT2D eigenvalue weighted by atomic mass is 9.89. The zero-order chi connectivity index (χ0) is 32.9. The molecule has 2 aromatic heterocycles. The highest BCUT2D eigenvalue weighted by Gasteiger charge is 2.35. The third kappa shape index (κ3) is 8.87. The molecule has 1 aliphatic rings. The van der Waals surface area contributed by atoms with E-state index in [2.05, 4.69) is 86.3 Å². The van der Waals surface area contributed by atoms with E-state index in [4.69, 9.17) is 20.9 Å². The van der Waals surface area contributed by atoms with E-state index in [1.807, 2.05) is 0 Å². The fourth-order valence-electron chi connectivity index (χ4n) is 5.58. The lowest BCUT2D eigenvalue weighted by Crippen LogP contribution is -2.46. The molecule has 3 heterocycles. The molecule has 1 aromatic carbocycles. The first-order chi connectivity index (χ1) is 21.3. The van der Waals surface area contributed by atoms with Gasteiger partial charge >= 0.3 is 11.8 Å². The van der Waals surface area contributed by atoms with Crippen LogP contribution in [0.4, 0.5) is 17.2 Å². The van der Waals surface area contributed by atoms with Crippen LogP contribution < -0.4 is 16.4 Å². The number of nitrogen functional groups attached to an aromatic ring is 1. The second kappa shape index (κ2) is 14.8. The van der Waals surface area contributed by atoms with Crippen molar-refractivity contribution in [3.8, 4) is 0 Å². The summed E-state index contributed by atoms with van der Waals surface area (Å²) in [5.74, 6) is -0.678. The number of fused-ring (bicyclic) bond motifs is 1. The number of pyridine rings is 1. The number of likely N-dealkylation sites (N-methyl/N-ethyl adjacent to an activating group) is 1. The van der Waals surface area contributed by atoms with Crippen LogP contribution in [0.25, 0.3) is 10.2 Å². The van der Waals surface area contributed by atoms with Gasteiger partial charge in [0.25, 0.3) is 0 Å². The third-order valence-electron chi connectivity index (χ3n) is 8.03. The highest BCUT2D eigenvalue weighted by atomic mass is 32.1. The molecule has 0 aliphatic carbocycles. The van der Waals surface area contributed by atoms with Crippen molar-refractivity contribution in [2.45, 2.75) is 64.3 Å². The summed E-state index contributed by atoms with van der Waals surface area (Å²) in [6.07, 6.45) is 4.18. The minimum Gasteiger partial charge on any atom is -0.383 e. The molecular weight excluding hydrogens is 605 g/mol. The fourth-order valence-corrected chi connectivity index (χ4v) is 7.33. The summed E-state index contributed by atoms with van der Waals surface area (Å²) in [7, 11) is 2.87. The number of nitrogens with two attached hydrogens (primary N) is 1. The van der Waals surface area contributed by atoms with Gasteiger partial charge in [0, 0.05) is 39.9 Å². The molecule has 0 bridgehead atoms. The number of carbonyl (C=O) groups is 2. The molecule has 0 radical (unpaired) electrons. The van der Waals surface area contributed by atoms with Gasteiger partial charge in [0.1, 0.15) is 12.5 Å². The molecule has 13 heteroatoms. The maximum Gasteiger partial charge on any atom is 0.314 e. The second-order valence-corrected chi connectivity index (χ2v) is 20.3. The number of amides is 2. The molecule has 1 unspecified atom stereocenters. The van der Waals surface area contributed by atoms with Gasteiger partial charge in [0.2, 0.25) is 0 Å². The van der Waals surface area contributed by atoms with Gasteiger partial charge in [-0.2, -0.15) is 0 Å². The largest absolute Gasteiger partial charge is 0.383 e. The fraction of sp³-hybridized carbons (Fsp3) is 0.531. The van der Waals surface area contributed by atoms with Gasteiger partial charge in [-0.1, -0.05) is 39.6 Å². The molecule has 3 aromatic rings. The molecular formula is C32H48N8O3SSi. The van der Waals surface area contributed by atoms with Gasteiger partial charge < -0.3 is 36.3 Å². The summed E-state index contributed by atoms with van der Waals surface area (Å²) >= 11 is 1.70. The van der Waals surface area contributed by atoms with E-state index in [0.29, 0.717) is 30.3 Å². The molecule has 0 spiro atoms. The number of piperidine rings is 1. The highest BCUT2D eigenvalue weighted by molar-refractivity contribution is 7.18. The van der Waals surface area contributed by atoms with Crippen molar-refractivity contribution >= 4 is 64.8 Å². The summed E-state index contributed by atoms with van der Waals surface area (Å²) in [6, 6.07) is 6.97. The Kier molecular flexibility index (Phi) is 11.3. The van der Waals surface area contributed by atoms with Crippen LogP contribution in [0.1, 0.15) is 54.8 Å². The first kappa shape index (κ1) is 34.5. The van der Waals surface area contributed by atoms with E-state index >= 15 is 0 Å². The first-order valence-electron chi connectivity index (χ1n) is 15.5. The number of carbonyl (C=O) groups excluding carboxylic acids is 2. The monoisotopic (exact) mass is 652 g/mol. The second-order valence-electron chi connectivity index (χ2n) is 13.6. The molecule has 3 atom stereocenters. The van der Waals surface area contributed by atoms with Crippen LogP contribution in [-0.4, -0.2) is 86.4 Å². The summed E-state index contributed by atoms with van der Waals surface area (Å²) in [6.45, 7) is 13.3. The summed E-state index contributed by atoms with van der Waals surface area (Å²) in [5, 5.41) is 14.9. The standard InChI is InChI=1S/C32H48N8O3SSi/c1-20-8-10-26(22-9-11-27-24(14-22)38-31(44-27)21(2)18-39(3)4)40(17-20)32(42)30(41)37-25-16-35-29(34)23(15-33)28(25)36-19-43-12-13-45(5,6)7/h9,11,14-16,20-21,26,33H,8,10,12-13,17-19H2,1-7H3,(H,37,41)(H3,34,35,36)/t20-,21?,26+/m0/s1. The van der Waals surface area contributed by atoms with Crippen molar-refractivity contribution in [1.29, 1.82) is 5.41 Å². The summed E-state index contributed by atoms with van der Waals surface area (Å²) < 4.78 is 6.90. The number of ether oxygens (including phenoxy) is 1. The Morgan fingerprint density at radius 3 is 2.73 bits per heavy atom. The number of nitrogens with one attached hydrogen (secondary N) is 3. The average Bonchev–Trinajstić information content (AvgIpc) is 3.41. The number of thiazole rings is 1. The molecule has 4 rings (SSSR count). The predicted molar refractivity (Wildman–Crippen MR) is 187 cm³/mol. The number of hydrogen-bond acceptors (Lipinski definition) is 10. The predicted octanol–water partition coefficient (Wildman–Crippen LogP) is 5.60. The first-order valence-corrected chi connectivity index (χ1v) is 20.1. The van der Waals surface area contributed by atoms with Gasteiger partial charge in [-0.3, -0.25) is 9.59 Å². The van der Waals surface area contributed by atoms with Crippen LogP contribution in [0.2, 0.25) is 25.7 Å². The molecule has 45 heavy (non-hydrogen) atoms. The van der Waals surface area contributed by atoms with Crippen molar-refractivity contribution in [3.05, 3.63) is 40.5 Å². The van der Waals surface area contributed by atoms with E-state index < -0.39 is 19.9 Å². The maximum absolute atomic E-state index is 13.8. The zero-order valence-electron chi connectivity index (χ0n) is 27.6. The number of hydrogen-bond donors (Lipinski definition) is 4. The SMILES string of the molecule is CC(CN(C)C)c1nc2cc([C@H]3CC[C@H](C)CN3C(=O)C(=O)Nc3cnc(N)c(C=N)c3NCOCC[Si](C)(C)C)ccc2s1. The van der Waals surface area contributed by atoms with Gasteiger partial charge in [-0.15, -0.1) is 11.3 Å². The molecule has 244 valence electrons. The van der Waals surface area contributed by atoms with Gasteiger partial charge in [0.05, 0.1) is 44.4 Å². The molecule has 1 saturated heterocycles. The Morgan fingerprint density at radius 2 is 2.04 bits per heavy atom. The van der Waals surface area contributed by atoms with Crippen LogP contribution in [-0.2, 0) is 14.3 Å². The lowest BCUT2D eigenvalue weighted by molar-refractivity contribution is -0.146. The molecule has 1 fully saturated rings. The molecule has 11 nitrogen and oxygen atoms in total. The molecule has 0 saturated carbocycles. The quantitative estimate of drug-likeness (QED) is 0.0650. The Balaban J connectivity index is 1.53. The van der Waals surface area contributed by atoms with E-state index in [9.17, 15) is 9.59 Å². The molecule has 5 N–H and O–H groups in total. The van der Waals surface area contributed by atoms with Crippen molar-refractivity contribution in [2.75, 3.05) is 56.9 Å². The van der Waals surface area contributed by atoms with E-state index in [0.717, 1.165) is 52.4 Å². The minimum atomic E-state index is -1.26. The van der Waals surface area contributed by atoms with E-state index in [-0.39, 0.29) is 30.2 Å². The number of likely N-dealkylation sites (tertiary alicyclic amines) is 1. The van der Waals surface area contributed by atoms with Crippen molar-refractivity contribution in [1.82, 2.24) is 19.8 Å². The van der Waals surface area contributed by atoms with E-state index in [1.165, 1.54) is 6.20 Å². The van der Waals surface area contributed by atoms with Crippen molar-refractivity contribution in [3.63, 3.8) is 0 Å². The minimum absolute atomic E-state index is 0.139. The Morgan fingerprint density at radius 1 is 1.29 bits per heavy atom. The normalized spacial score (nSPS) is 17.8. The Hall–Kier alpha value is -3.39. The van der Waals surface area contributed by atoms with Crippen LogP contribution >= 0.6 is 11.3 Å². The number of nitrogens with zero attached hydrogens (tertiary/aromatic N) is 4. The van der Waals surface area contributed by atoms with Gasteiger partial charge in [-0.25, -0.2) is 9.97 Å². The summed E-state index contributed by atoms with van der Waals surface area (Å²) in [5.41, 5.74) is 8.91. The number of anilines is 3. The van der Waals surface area contributed by atoms with Crippen LogP contribution in [0.5, 0.6) is 0 Å². The smallest absolute Gasteiger partial charge is 0.314 e. The van der Waals surface area contributed by atoms with Crippen LogP contribution in [0.3, 0.4) is 0 Å². The number of benzene rings is 1. The van der Waals surface area contributed by atoms with Gasteiger partial charge in [-0.05, 0) is 56.6 Å². The lowest BCUT2D eigenvalue weighted by Gasteiger charge is -2.38. The maximum atomic E-state index is 13.8. The Labute approximate surface area is 271 Å². The molecule has 2 amide bonds. The van der Waals surface area contributed by atoms with Gasteiger partial charge in [0.15, 0.2) is 0 Å². The van der Waals surface area contributed by atoms with Crippen LogP contribution in [0.15, 0.2) is 24.4 Å². The zero-order valence-corrected chi connectivity index (χ0v) is 29.4. The third-order valence-corrected chi connectivity index (χ3v) is 11.0. The molecule has 1 aliphatic heterocycles. The topological polar surface area (TPSA) is 150 Å². The van der Waals surface area contributed by atoms with E-state index in [1.54, 1.807) is 16.2 Å². The van der Waals surface area contributed by atoms with Crippen LogP contribution in [0, 0.1) is 11.3 Å². The summed E-state index contributed by atoms with van der Waals surface area (Å²) in [4.78, 5) is 40.2. The van der Waals surface area contributed by atoms with Crippen molar-refractivity contribution in [2.24, 2.45) is 5.92 Å². The highest BCUT2D eigenvalue weighted by Crippen LogP contribution is 2.37.